The Labute approximate surface area is 154 Å². The van der Waals surface area contributed by atoms with Crippen molar-refractivity contribution >= 4 is 16.9 Å². The minimum atomic E-state index is -0.419. The average molecular weight is 362 g/mol. The standard InChI is InChI=1S/C21H15FN2O3/c1-26-19(25)12-18-20(15-6-9-17-14(11-15)3-2-10-23-17)27-21(24-18)13-4-7-16(22)8-5-13/h2-11H,12H2,1H3. The lowest BCUT2D eigenvalue weighted by Gasteiger charge is -2.03. The lowest BCUT2D eigenvalue weighted by Crippen LogP contribution is -2.05. The molecule has 134 valence electrons. The smallest absolute Gasteiger partial charge is 0.311 e. The van der Waals surface area contributed by atoms with Gasteiger partial charge in [0.15, 0.2) is 5.76 Å². The number of hydrogen-bond donors (Lipinski definition) is 0. The highest BCUT2D eigenvalue weighted by Gasteiger charge is 2.19. The largest absolute Gasteiger partial charge is 0.469 e. The second-order valence-corrected chi connectivity index (χ2v) is 5.97. The number of esters is 1. The number of oxazole rings is 1. The zero-order valence-corrected chi connectivity index (χ0v) is 14.5. The molecule has 0 bridgehead atoms. The monoisotopic (exact) mass is 362 g/mol. The molecular weight excluding hydrogens is 347 g/mol. The summed E-state index contributed by atoms with van der Waals surface area (Å²) in [5.74, 6) is 0.0284. The second-order valence-electron chi connectivity index (χ2n) is 5.97. The number of ether oxygens (including phenoxy) is 1. The third kappa shape index (κ3) is 3.42. The Morgan fingerprint density at radius 3 is 2.67 bits per heavy atom. The van der Waals surface area contributed by atoms with Gasteiger partial charge in [-0.1, -0.05) is 6.07 Å². The maximum absolute atomic E-state index is 13.2. The lowest BCUT2D eigenvalue weighted by molar-refractivity contribution is -0.139. The number of methoxy groups -OCH3 is 1. The van der Waals surface area contributed by atoms with E-state index in [-0.39, 0.29) is 12.2 Å². The summed E-state index contributed by atoms with van der Waals surface area (Å²) in [6, 6.07) is 15.3. The van der Waals surface area contributed by atoms with Crippen LogP contribution in [0.3, 0.4) is 0 Å². The number of rotatable bonds is 4. The van der Waals surface area contributed by atoms with Gasteiger partial charge >= 0.3 is 5.97 Å². The molecule has 0 aliphatic heterocycles. The van der Waals surface area contributed by atoms with Crippen LogP contribution in [-0.2, 0) is 16.0 Å². The van der Waals surface area contributed by atoms with Gasteiger partial charge in [0.2, 0.25) is 5.89 Å². The van der Waals surface area contributed by atoms with Crippen molar-refractivity contribution < 1.29 is 18.3 Å². The first kappa shape index (κ1) is 16.9. The van der Waals surface area contributed by atoms with E-state index in [1.165, 1.54) is 19.2 Å². The van der Waals surface area contributed by atoms with Gasteiger partial charge < -0.3 is 9.15 Å². The van der Waals surface area contributed by atoms with Crippen LogP contribution in [0.4, 0.5) is 4.39 Å². The highest BCUT2D eigenvalue weighted by Crippen LogP contribution is 2.32. The third-order valence-corrected chi connectivity index (χ3v) is 4.19. The van der Waals surface area contributed by atoms with Crippen LogP contribution in [0.5, 0.6) is 0 Å². The van der Waals surface area contributed by atoms with Crippen molar-refractivity contribution in [2.75, 3.05) is 7.11 Å². The number of hydrogen-bond acceptors (Lipinski definition) is 5. The summed E-state index contributed by atoms with van der Waals surface area (Å²) >= 11 is 0. The van der Waals surface area contributed by atoms with Gasteiger partial charge in [0.25, 0.3) is 0 Å². The number of benzene rings is 2. The minimum absolute atomic E-state index is 0.0262. The summed E-state index contributed by atoms with van der Waals surface area (Å²) in [7, 11) is 1.32. The van der Waals surface area contributed by atoms with Crippen molar-refractivity contribution in [3.8, 4) is 22.8 Å². The summed E-state index contributed by atoms with van der Waals surface area (Å²) in [5.41, 5.74) is 2.71. The number of aromatic nitrogens is 2. The highest BCUT2D eigenvalue weighted by atomic mass is 19.1. The number of pyridine rings is 1. The molecule has 0 atom stereocenters. The molecule has 0 saturated carbocycles. The quantitative estimate of drug-likeness (QED) is 0.503. The van der Waals surface area contributed by atoms with Crippen LogP contribution in [-0.4, -0.2) is 23.0 Å². The SMILES string of the molecule is COC(=O)Cc1nc(-c2ccc(F)cc2)oc1-c1ccc2ncccc2c1. The first-order chi connectivity index (χ1) is 13.1. The van der Waals surface area contributed by atoms with Crippen LogP contribution in [0.1, 0.15) is 5.69 Å². The molecule has 0 spiro atoms. The fourth-order valence-electron chi connectivity index (χ4n) is 2.84. The zero-order chi connectivity index (χ0) is 18.8. The molecule has 2 aromatic carbocycles. The van der Waals surface area contributed by atoms with E-state index in [2.05, 4.69) is 9.97 Å². The van der Waals surface area contributed by atoms with Crippen molar-refractivity contribution in [1.29, 1.82) is 0 Å². The van der Waals surface area contributed by atoms with Crippen molar-refractivity contribution in [3.05, 3.63) is 72.3 Å². The summed E-state index contributed by atoms with van der Waals surface area (Å²) in [6.45, 7) is 0. The van der Waals surface area contributed by atoms with Gasteiger partial charge in [0.05, 0.1) is 24.7 Å². The van der Waals surface area contributed by atoms with E-state index in [4.69, 9.17) is 9.15 Å². The van der Waals surface area contributed by atoms with Gasteiger partial charge in [-0.05, 0) is 48.5 Å². The first-order valence-electron chi connectivity index (χ1n) is 8.31. The van der Waals surface area contributed by atoms with Gasteiger partial charge in [-0.25, -0.2) is 9.37 Å². The Hall–Kier alpha value is -3.54. The average Bonchev–Trinajstić information content (AvgIpc) is 3.11. The van der Waals surface area contributed by atoms with E-state index in [9.17, 15) is 9.18 Å². The van der Waals surface area contributed by atoms with E-state index >= 15 is 0 Å². The van der Waals surface area contributed by atoms with E-state index in [0.29, 0.717) is 22.9 Å². The number of nitrogens with zero attached hydrogens (tertiary/aromatic N) is 2. The molecule has 2 heterocycles. The normalized spacial score (nSPS) is 10.9. The Balaban J connectivity index is 1.83. The molecule has 2 aromatic heterocycles. The topological polar surface area (TPSA) is 65.2 Å². The van der Waals surface area contributed by atoms with Crippen molar-refractivity contribution in [2.45, 2.75) is 6.42 Å². The maximum atomic E-state index is 13.2. The Morgan fingerprint density at radius 1 is 1.11 bits per heavy atom. The van der Waals surface area contributed by atoms with Crippen molar-refractivity contribution in [1.82, 2.24) is 9.97 Å². The van der Waals surface area contributed by atoms with Gasteiger partial charge in [-0.2, -0.15) is 0 Å². The Kier molecular flexibility index (Phi) is 4.38. The molecule has 27 heavy (non-hydrogen) atoms. The molecule has 5 nitrogen and oxygen atoms in total. The molecule has 0 fully saturated rings. The van der Waals surface area contributed by atoms with Crippen LogP contribution in [0.25, 0.3) is 33.7 Å². The van der Waals surface area contributed by atoms with Crippen molar-refractivity contribution in [3.63, 3.8) is 0 Å². The Bertz CT molecular complexity index is 1120. The van der Waals surface area contributed by atoms with Crippen LogP contribution in [0.15, 0.2) is 65.2 Å². The highest BCUT2D eigenvalue weighted by molar-refractivity contribution is 5.84. The van der Waals surface area contributed by atoms with Crippen molar-refractivity contribution in [2.24, 2.45) is 0 Å². The zero-order valence-electron chi connectivity index (χ0n) is 14.5. The molecule has 0 aliphatic rings. The predicted molar refractivity (Wildman–Crippen MR) is 98.4 cm³/mol. The third-order valence-electron chi connectivity index (χ3n) is 4.19. The fourth-order valence-corrected chi connectivity index (χ4v) is 2.84. The molecule has 0 N–H and O–H groups in total. The second kappa shape index (κ2) is 6.99. The minimum Gasteiger partial charge on any atom is -0.469 e. The number of fused-ring (bicyclic) bond motifs is 1. The number of halogens is 1. The summed E-state index contributed by atoms with van der Waals surface area (Å²) in [5, 5.41) is 0.943. The molecule has 0 saturated heterocycles. The summed E-state index contributed by atoms with van der Waals surface area (Å²) in [4.78, 5) is 20.6. The maximum Gasteiger partial charge on any atom is 0.311 e. The molecule has 4 aromatic rings. The van der Waals surface area contributed by atoms with E-state index in [1.807, 2.05) is 30.3 Å². The summed E-state index contributed by atoms with van der Waals surface area (Å²) < 4.78 is 23.9. The van der Waals surface area contributed by atoms with Crippen LogP contribution < -0.4 is 0 Å². The molecule has 6 heteroatoms. The van der Waals surface area contributed by atoms with Gasteiger partial charge in [0.1, 0.15) is 5.82 Å². The molecule has 0 aliphatic carbocycles. The van der Waals surface area contributed by atoms with Crippen LogP contribution >= 0.6 is 0 Å². The Morgan fingerprint density at radius 2 is 1.89 bits per heavy atom. The van der Waals surface area contributed by atoms with E-state index < -0.39 is 5.97 Å². The predicted octanol–water partition coefficient (Wildman–Crippen LogP) is 4.41. The molecule has 0 radical (unpaired) electrons. The molecule has 4 rings (SSSR count). The molecule has 0 unspecified atom stereocenters. The summed E-state index contributed by atoms with van der Waals surface area (Å²) in [6.07, 6.45) is 1.70. The molecule has 0 amide bonds. The van der Waals surface area contributed by atoms with E-state index in [1.54, 1.807) is 18.3 Å². The van der Waals surface area contributed by atoms with Gasteiger partial charge in [-0.3, -0.25) is 9.78 Å². The number of carbonyl (C=O) groups is 1. The van der Waals surface area contributed by atoms with Crippen LogP contribution in [0.2, 0.25) is 0 Å². The van der Waals surface area contributed by atoms with Gasteiger partial charge in [-0.15, -0.1) is 0 Å². The fraction of sp³-hybridized carbons (Fsp3) is 0.0952. The van der Waals surface area contributed by atoms with E-state index in [0.717, 1.165) is 16.5 Å². The lowest BCUT2D eigenvalue weighted by atomic mass is 10.1. The van der Waals surface area contributed by atoms with Gasteiger partial charge in [0, 0.05) is 22.7 Å². The first-order valence-corrected chi connectivity index (χ1v) is 8.31. The molecular formula is C21H15FN2O3. The number of carbonyl (C=O) groups excluding carboxylic acids is 1. The van der Waals surface area contributed by atoms with Crippen LogP contribution in [0, 0.1) is 5.82 Å².